The standard InChI is InChI=1S/C17H10Br2INO2/c18-11-3-1-10(2-4-11)15-7-8-16(23-15)17(22)21-14-6-5-12(19)9-13(14)20/h1-9H,(H,21,22). The summed E-state index contributed by atoms with van der Waals surface area (Å²) in [5.41, 5.74) is 1.67. The molecule has 0 spiro atoms. The fourth-order valence-corrected chi connectivity index (χ4v) is 3.71. The van der Waals surface area contributed by atoms with Gasteiger partial charge in [0.15, 0.2) is 5.76 Å². The minimum Gasteiger partial charge on any atom is -0.451 e. The maximum Gasteiger partial charge on any atom is 0.291 e. The lowest BCUT2D eigenvalue weighted by Crippen LogP contribution is -2.11. The summed E-state index contributed by atoms with van der Waals surface area (Å²) in [6, 6.07) is 16.9. The maximum atomic E-state index is 12.3. The highest BCUT2D eigenvalue weighted by Gasteiger charge is 2.14. The molecule has 116 valence electrons. The van der Waals surface area contributed by atoms with E-state index in [9.17, 15) is 4.79 Å². The number of anilines is 1. The van der Waals surface area contributed by atoms with Gasteiger partial charge in [-0.25, -0.2) is 0 Å². The van der Waals surface area contributed by atoms with Crippen molar-refractivity contribution in [3.8, 4) is 11.3 Å². The van der Waals surface area contributed by atoms with Crippen LogP contribution in [-0.2, 0) is 0 Å². The molecule has 2 aromatic carbocycles. The Morgan fingerprint density at radius 1 is 0.957 bits per heavy atom. The summed E-state index contributed by atoms with van der Waals surface area (Å²) in [6.07, 6.45) is 0. The van der Waals surface area contributed by atoms with Gasteiger partial charge in [0.25, 0.3) is 5.91 Å². The average molecular weight is 547 g/mol. The predicted octanol–water partition coefficient (Wildman–Crippen LogP) is 6.33. The predicted molar refractivity (Wildman–Crippen MR) is 107 cm³/mol. The highest BCUT2D eigenvalue weighted by molar-refractivity contribution is 14.1. The van der Waals surface area contributed by atoms with Crippen LogP contribution < -0.4 is 5.32 Å². The quantitative estimate of drug-likeness (QED) is 0.390. The molecule has 23 heavy (non-hydrogen) atoms. The summed E-state index contributed by atoms with van der Waals surface area (Å²) in [4.78, 5) is 12.3. The van der Waals surface area contributed by atoms with E-state index in [0.29, 0.717) is 5.76 Å². The van der Waals surface area contributed by atoms with Crippen LogP contribution in [0, 0.1) is 3.57 Å². The molecule has 0 saturated heterocycles. The first-order chi connectivity index (χ1) is 11.0. The van der Waals surface area contributed by atoms with Gasteiger partial charge in [-0.1, -0.05) is 44.0 Å². The maximum absolute atomic E-state index is 12.3. The van der Waals surface area contributed by atoms with Crippen molar-refractivity contribution < 1.29 is 9.21 Å². The number of carbonyl (C=O) groups is 1. The number of carbonyl (C=O) groups excluding carboxylic acids is 1. The molecular formula is C17H10Br2INO2. The number of furan rings is 1. The van der Waals surface area contributed by atoms with Crippen LogP contribution in [0.5, 0.6) is 0 Å². The monoisotopic (exact) mass is 545 g/mol. The number of hydrogen-bond acceptors (Lipinski definition) is 2. The van der Waals surface area contributed by atoms with Crippen molar-refractivity contribution in [1.29, 1.82) is 0 Å². The second-order valence-electron chi connectivity index (χ2n) is 4.75. The van der Waals surface area contributed by atoms with Crippen LogP contribution in [0.1, 0.15) is 10.6 Å². The summed E-state index contributed by atoms with van der Waals surface area (Å²) in [7, 11) is 0. The van der Waals surface area contributed by atoms with Crippen molar-refractivity contribution in [2.24, 2.45) is 0 Å². The lowest BCUT2D eigenvalue weighted by molar-refractivity contribution is 0.0997. The van der Waals surface area contributed by atoms with Gasteiger partial charge in [0, 0.05) is 18.1 Å². The average Bonchev–Trinajstić information content (AvgIpc) is 3.01. The Morgan fingerprint density at radius 2 is 1.65 bits per heavy atom. The van der Waals surface area contributed by atoms with Gasteiger partial charge in [-0.2, -0.15) is 0 Å². The first-order valence-electron chi connectivity index (χ1n) is 6.65. The van der Waals surface area contributed by atoms with Crippen LogP contribution in [0.15, 0.2) is 68.0 Å². The molecule has 0 aliphatic carbocycles. The molecule has 0 atom stereocenters. The molecule has 0 saturated carbocycles. The largest absolute Gasteiger partial charge is 0.451 e. The van der Waals surface area contributed by atoms with Gasteiger partial charge in [0.05, 0.1) is 5.69 Å². The van der Waals surface area contributed by atoms with Crippen LogP contribution in [0.4, 0.5) is 5.69 Å². The summed E-state index contributed by atoms with van der Waals surface area (Å²) in [5, 5.41) is 2.86. The van der Waals surface area contributed by atoms with E-state index in [4.69, 9.17) is 4.42 Å². The highest BCUT2D eigenvalue weighted by Crippen LogP contribution is 2.26. The Balaban J connectivity index is 1.79. The molecule has 6 heteroatoms. The minimum atomic E-state index is -0.270. The van der Waals surface area contributed by atoms with E-state index in [-0.39, 0.29) is 11.7 Å². The zero-order valence-electron chi connectivity index (χ0n) is 11.6. The Hall–Kier alpha value is -1.12. The first-order valence-corrected chi connectivity index (χ1v) is 9.31. The normalized spacial score (nSPS) is 10.6. The summed E-state index contributed by atoms with van der Waals surface area (Å²) in [6.45, 7) is 0. The van der Waals surface area contributed by atoms with Crippen molar-refractivity contribution >= 4 is 66.0 Å². The molecule has 0 radical (unpaired) electrons. The zero-order chi connectivity index (χ0) is 16.4. The third kappa shape index (κ3) is 4.05. The molecule has 0 unspecified atom stereocenters. The number of hydrogen-bond donors (Lipinski definition) is 1. The number of halogens is 3. The molecule has 0 fully saturated rings. The Morgan fingerprint density at radius 3 is 2.35 bits per heavy atom. The van der Waals surface area contributed by atoms with Gasteiger partial charge in [-0.3, -0.25) is 4.79 Å². The first kappa shape index (κ1) is 16.7. The van der Waals surface area contributed by atoms with Crippen LogP contribution in [0.2, 0.25) is 0 Å². The van der Waals surface area contributed by atoms with Crippen LogP contribution in [0.25, 0.3) is 11.3 Å². The molecule has 3 aromatic rings. The molecule has 3 rings (SSSR count). The molecule has 1 amide bonds. The van der Waals surface area contributed by atoms with Crippen LogP contribution >= 0.6 is 54.5 Å². The summed E-state index contributed by atoms with van der Waals surface area (Å²) < 4.78 is 8.58. The fraction of sp³-hybridized carbons (Fsp3) is 0. The summed E-state index contributed by atoms with van der Waals surface area (Å²) in [5.74, 6) is 0.670. The molecule has 1 N–H and O–H groups in total. The fourth-order valence-electron chi connectivity index (χ4n) is 2.00. The van der Waals surface area contributed by atoms with Gasteiger partial charge in [0.1, 0.15) is 5.76 Å². The minimum absolute atomic E-state index is 0.270. The van der Waals surface area contributed by atoms with Crippen molar-refractivity contribution in [2.75, 3.05) is 5.32 Å². The SMILES string of the molecule is O=C(Nc1ccc(Br)cc1I)c1ccc(-c2ccc(Br)cc2)o1. The second-order valence-corrected chi connectivity index (χ2v) is 7.74. The molecule has 0 aliphatic rings. The molecule has 1 heterocycles. The van der Waals surface area contributed by atoms with Gasteiger partial charge in [-0.05, 0) is 65.1 Å². The number of nitrogens with one attached hydrogen (secondary N) is 1. The molecular weight excluding hydrogens is 537 g/mol. The summed E-state index contributed by atoms with van der Waals surface area (Å²) >= 11 is 8.98. The molecule has 0 bridgehead atoms. The van der Waals surface area contributed by atoms with E-state index in [2.05, 4.69) is 59.8 Å². The van der Waals surface area contributed by atoms with Crippen LogP contribution in [-0.4, -0.2) is 5.91 Å². The molecule has 3 nitrogen and oxygen atoms in total. The second kappa shape index (κ2) is 7.19. The van der Waals surface area contributed by atoms with E-state index in [1.165, 1.54) is 0 Å². The van der Waals surface area contributed by atoms with Gasteiger partial charge < -0.3 is 9.73 Å². The van der Waals surface area contributed by atoms with Gasteiger partial charge in [-0.15, -0.1) is 0 Å². The van der Waals surface area contributed by atoms with Crippen molar-refractivity contribution in [2.45, 2.75) is 0 Å². The number of rotatable bonds is 3. The zero-order valence-corrected chi connectivity index (χ0v) is 17.0. The third-order valence-corrected chi connectivity index (χ3v) is 5.05. The van der Waals surface area contributed by atoms with Gasteiger partial charge in [0.2, 0.25) is 0 Å². The smallest absolute Gasteiger partial charge is 0.291 e. The van der Waals surface area contributed by atoms with Crippen molar-refractivity contribution in [3.63, 3.8) is 0 Å². The molecule has 0 aliphatic heterocycles. The highest BCUT2D eigenvalue weighted by atomic mass is 127. The van der Waals surface area contributed by atoms with E-state index >= 15 is 0 Å². The van der Waals surface area contributed by atoms with Crippen molar-refractivity contribution in [3.05, 3.63) is 72.9 Å². The van der Waals surface area contributed by atoms with E-state index < -0.39 is 0 Å². The van der Waals surface area contributed by atoms with Crippen molar-refractivity contribution in [1.82, 2.24) is 0 Å². The Labute approximate surface area is 163 Å². The lowest BCUT2D eigenvalue weighted by Gasteiger charge is -2.06. The van der Waals surface area contributed by atoms with E-state index in [1.54, 1.807) is 12.1 Å². The molecule has 1 aromatic heterocycles. The topological polar surface area (TPSA) is 42.2 Å². The Bertz CT molecular complexity index is 859. The van der Waals surface area contributed by atoms with E-state index in [0.717, 1.165) is 23.8 Å². The third-order valence-electron chi connectivity index (χ3n) is 3.14. The lowest BCUT2D eigenvalue weighted by atomic mass is 10.2. The Kier molecular flexibility index (Phi) is 5.23. The van der Waals surface area contributed by atoms with Crippen LogP contribution in [0.3, 0.4) is 0 Å². The number of benzene rings is 2. The number of amides is 1. The van der Waals surface area contributed by atoms with Gasteiger partial charge >= 0.3 is 0 Å². The van der Waals surface area contributed by atoms with E-state index in [1.807, 2.05) is 42.5 Å².